The third-order valence-corrected chi connectivity index (χ3v) is 5.75. The van der Waals surface area contributed by atoms with Crippen molar-refractivity contribution in [3.63, 3.8) is 0 Å². The first-order valence-corrected chi connectivity index (χ1v) is 8.78. The van der Waals surface area contributed by atoms with E-state index in [-0.39, 0.29) is 18.3 Å². The smallest absolute Gasteiger partial charge is 0.248 e. The van der Waals surface area contributed by atoms with Gasteiger partial charge in [-0.15, -0.1) is 0 Å². The van der Waals surface area contributed by atoms with Crippen molar-refractivity contribution in [3.05, 3.63) is 0 Å². The van der Waals surface area contributed by atoms with Crippen molar-refractivity contribution in [3.8, 4) is 0 Å². The van der Waals surface area contributed by atoms with E-state index in [0.717, 1.165) is 52.0 Å². The van der Waals surface area contributed by atoms with Crippen LogP contribution in [0.15, 0.2) is 0 Å². The van der Waals surface area contributed by atoms with E-state index in [1.807, 2.05) is 4.90 Å². The minimum Gasteiger partial charge on any atom is -0.341 e. The minimum absolute atomic E-state index is 0.0501. The van der Waals surface area contributed by atoms with Crippen LogP contribution >= 0.6 is 0 Å². The summed E-state index contributed by atoms with van der Waals surface area (Å²) in [5.74, 6) is -1.70. The number of hydrogen-bond donors (Lipinski definition) is 0. The molecule has 3 rings (SSSR count). The number of hydrogen-bond acceptors (Lipinski definition) is 2. The second-order valence-corrected chi connectivity index (χ2v) is 7.81. The van der Waals surface area contributed by atoms with Crippen molar-refractivity contribution in [2.75, 3.05) is 32.7 Å². The molecule has 0 atom stereocenters. The molecule has 0 aromatic heterocycles. The summed E-state index contributed by atoms with van der Waals surface area (Å²) in [6.45, 7) is 6.54. The predicted octanol–water partition coefficient (Wildman–Crippen LogP) is 3.15. The molecule has 5 heteroatoms. The quantitative estimate of drug-likeness (QED) is 0.799. The summed E-state index contributed by atoms with van der Waals surface area (Å²) in [6.07, 6.45) is 4.45. The van der Waals surface area contributed by atoms with Crippen molar-refractivity contribution in [2.45, 2.75) is 57.8 Å². The summed E-state index contributed by atoms with van der Waals surface area (Å²) in [5.41, 5.74) is -0.0792. The zero-order chi connectivity index (χ0) is 15.8. The highest BCUT2D eigenvalue weighted by atomic mass is 19.3. The minimum atomic E-state index is -2.43. The number of carbonyl (C=O) groups excluding carboxylic acids is 1. The van der Waals surface area contributed by atoms with Gasteiger partial charge in [-0.2, -0.15) is 0 Å². The molecule has 1 heterocycles. The third-order valence-electron chi connectivity index (χ3n) is 5.75. The van der Waals surface area contributed by atoms with Gasteiger partial charge >= 0.3 is 0 Å². The molecule has 126 valence electrons. The monoisotopic (exact) mass is 314 g/mol. The van der Waals surface area contributed by atoms with Crippen LogP contribution in [0.5, 0.6) is 0 Å². The van der Waals surface area contributed by atoms with E-state index >= 15 is 0 Å². The molecule has 0 radical (unpaired) electrons. The first-order chi connectivity index (χ1) is 10.4. The van der Waals surface area contributed by atoms with E-state index in [0.29, 0.717) is 24.7 Å². The Morgan fingerprint density at radius 3 is 2.36 bits per heavy atom. The molecule has 2 saturated carbocycles. The molecule has 0 unspecified atom stereocenters. The maximum atomic E-state index is 13.2. The van der Waals surface area contributed by atoms with Crippen molar-refractivity contribution in [1.29, 1.82) is 0 Å². The highest BCUT2D eigenvalue weighted by molar-refractivity contribution is 5.84. The van der Waals surface area contributed by atoms with Crippen LogP contribution in [-0.4, -0.2) is 54.4 Å². The molecule has 1 saturated heterocycles. The largest absolute Gasteiger partial charge is 0.341 e. The van der Waals surface area contributed by atoms with Gasteiger partial charge in [0.1, 0.15) is 0 Å². The van der Waals surface area contributed by atoms with Gasteiger partial charge in [0, 0.05) is 44.4 Å². The molecule has 0 spiro atoms. The normalized spacial score (nSPS) is 29.1. The number of carbonyl (C=O) groups is 1. The summed E-state index contributed by atoms with van der Waals surface area (Å²) in [6, 6.07) is 0. The third kappa shape index (κ3) is 3.79. The zero-order valence-electron chi connectivity index (χ0n) is 13.6. The van der Waals surface area contributed by atoms with Gasteiger partial charge in [-0.05, 0) is 44.6 Å². The van der Waals surface area contributed by atoms with Gasteiger partial charge in [0.25, 0.3) is 0 Å². The van der Waals surface area contributed by atoms with Gasteiger partial charge in [-0.1, -0.05) is 6.92 Å². The molecular formula is C17H28F2N2O. The van der Waals surface area contributed by atoms with Gasteiger partial charge < -0.3 is 9.80 Å². The topological polar surface area (TPSA) is 23.6 Å². The molecule has 0 aromatic rings. The Bertz CT molecular complexity index is 413. The molecule has 1 aliphatic heterocycles. The molecule has 0 N–H and O–H groups in total. The molecule has 3 aliphatic rings. The predicted molar refractivity (Wildman–Crippen MR) is 81.9 cm³/mol. The van der Waals surface area contributed by atoms with E-state index in [9.17, 15) is 13.6 Å². The Hall–Kier alpha value is -0.710. The van der Waals surface area contributed by atoms with E-state index in [2.05, 4.69) is 11.8 Å². The number of rotatable bonds is 3. The lowest BCUT2D eigenvalue weighted by atomic mass is 9.86. The molecular weight excluding hydrogens is 286 g/mol. The molecule has 2 aliphatic carbocycles. The standard InChI is InChI=1S/C17H28F2N2O/c1-16(7-8-16)15(22)21-10-2-9-20(11-12-21)13-14-3-5-17(18,19)6-4-14/h14H,2-13H2,1H3. The van der Waals surface area contributed by atoms with E-state index in [1.54, 1.807) is 0 Å². The Labute approximate surface area is 132 Å². The molecule has 3 nitrogen and oxygen atoms in total. The van der Waals surface area contributed by atoms with Gasteiger partial charge in [-0.25, -0.2) is 8.78 Å². The van der Waals surface area contributed by atoms with E-state index < -0.39 is 5.92 Å². The molecule has 3 fully saturated rings. The lowest BCUT2D eigenvalue weighted by molar-refractivity contribution is -0.136. The van der Waals surface area contributed by atoms with Crippen LogP contribution in [0.1, 0.15) is 51.9 Å². The summed E-state index contributed by atoms with van der Waals surface area (Å²) in [4.78, 5) is 16.8. The lowest BCUT2D eigenvalue weighted by Gasteiger charge is -2.32. The first kappa shape index (κ1) is 16.2. The Balaban J connectivity index is 1.46. The SMILES string of the molecule is CC1(C(=O)N2CCCN(CC3CCC(F)(F)CC3)CC2)CC1. The summed E-state index contributed by atoms with van der Waals surface area (Å²) < 4.78 is 26.4. The summed E-state index contributed by atoms with van der Waals surface area (Å²) in [7, 11) is 0. The van der Waals surface area contributed by atoms with Crippen LogP contribution < -0.4 is 0 Å². The van der Waals surface area contributed by atoms with Crippen LogP contribution in [0.3, 0.4) is 0 Å². The average Bonchev–Trinajstić information content (AvgIpc) is 3.25. The van der Waals surface area contributed by atoms with E-state index in [1.165, 1.54) is 0 Å². The Morgan fingerprint density at radius 2 is 1.73 bits per heavy atom. The molecule has 0 bridgehead atoms. The van der Waals surface area contributed by atoms with E-state index in [4.69, 9.17) is 0 Å². The van der Waals surface area contributed by atoms with Gasteiger partial charge in [0.05, 0.1) is 0 Å². The average molecular weight is 314 g/mol. The van der Waals surface area contributed by atoms with Crippen molar-refractivity contribution >= 4 is 5.91 Å². The highest BCUT2D eigenvalue weighted by Gasteiger charge is 2.47. The maximum absolute atomic E-state index is 13.2. The Kier molecular flexibility index (Phi) is 4.45. The highest BCUT2D eigenvalue weighted by Crippen LogP contribution is 2.46. The number of nitrogens with zero attached hydrogens (tertiary/aromatic N) is 2. The number of halogens is 2. The molecule has 1 amide bonds. The fourth-order valence-electron chi connectivity index (χ4n) is 3.79. The molecule has 0 aromatic carbocycles. The van der Waals surface area contributed by atoms with Crippen LogP contribution in [0, 0.1) is 11.3 Å². The van der Waals surface area contributed by atoms with Crippen LogP contribution in [0.25, 0.3) is 0 Å². The van der Waals surface area contributed by atoms with Gasteiger partial charge in [0.2, 0.25) is 11.8 Å². The van der Waals surface area contributed by atoms with Crippen molar-refractivity contribution < 1.29 is 13.6 Å². The fourth-order valence-corrected chi connectivity index (χ4v) is 3.79. The fraction of sp³-hybridized carbons (Fsp3) is 0.941. The van der Waals surface area contributed by atoms with Crippen molar-refractivity contribution in [1.82, 2.24) is 9.80 Å². The number of amides is 1. The zero-order valence-corrected chi connectivity index (χ0v) is 13.6. The second kappa shape index (κ2) is 6.06. The maximum Gasteiger partial charge on any atom is 0.248 e. The number of alkyl halides is 2. The lowest BCUT2D eigenvalue weighted by Crippen LogP contribution is -2.40. The van der Waals surface area contributed by atoms with Crippen LogP contribution in [-0.2, 0) is 4.79 Å². The van der Waals surface area contributed by atoms with Crippen LogP contribution in [0.4, 0.5) is 8.78 Å². The summed E-state index contributed by atoms with van der Waals surface area (Å²) in [5, 5.41) is 0. The van der Waals surface area contributed by atoms with Gasteiger partial charge in [0.15, 0.2) is 0 Å². The Morgan fingerprint density at radius 1 is 1.05 bits per heavy atom. The van der Waals surface area contributed by atoms with Crippen molar-refractivity contribution in [2.24, 2.45) is 11.3 Å². The van der Waals surface area contributed by atoms with Gasteiger partial charge in [-0.3, -0.25) is 4.79 Å². The molecule has 22 heavy (non-hydrogen) atoms. The summed E-state index contributed by atoms with van der Waals surface area (Å²) >= 11 is 0. The second-order valence-electron chi connectivity index (χ2n) is 7.81. The first-order valence-electron chi connectivity index (χ1n) is 8.78. The van der Waals surface area contributed by atoms with Crippen LogP contribution in [0.2, 0.25) is 0 Å².